The van der Waals surface area contributed by atoms with Crippen LogP contribution in [0.25, 0.3) is 6.08 Å². The number of rotatable bonds is 5. The molecule has 0 aliphatic rings. The molecule has 0 fully saturated rings. The van der Waals surface area contributed by atoms with Crippen LogP contribution in [0.1, 0.15) is 16.4 Å². The second kappa shape index (κ2) is 7.44. The van der Waals surface area contributed by atoms with E-state index in [-0.39, 0.29) is 12.2 Å². The number of carbonyl (C=O) groups excluding carboxylic acids is 1. The van der Waals surface area contributed by atoms with Gasteiger partial charge in [-0.25, -0.2) is 8.78 Å². The molecule has 0 radical (unpaired) electrons. The third-order valence-corrected chi connectivity index (χ3v) is 4.37. The standard InChI is InChI=1S/C19H15F2NO2S/c1-13-4-6-15(24-13)7-9-19(23)22(12-16-3-2-10-25-16)18-8-5-14(20)11-17(18)21/h2-11H,12H2,1H3/b9-7+. The topological polar surface area (TPSA) is 33.5 Å². The Bertz CT molecular complexity index is 900. The van der Waals surface area contributed by atoms with E-state index in [1.54, 1.807) is 19.1 Å². The highest BCUT2D eigenvalue weighted by Crippen LogP contribution is 2.24. The smallest absolute Gasteiger partial charge is 0.251 e. The maximum atomic E-state index is 14.2. The molecule has 3 aromatic rings. The number of amides is 1. The van der Waals surface area contributed by atoms with Gasteiger partial charge < -0.3 is 9.32 Å². The lowest BCUT2D eigenvalue weighted by Gasteiger charge is -2.21. The summed E-state index contributed by atoms with van der Waals surface area (Å²) in [6, 6.07) is 10.4. The summed E-state index contributed by atoms with van der Waals surface area (Å²) in [4.78, 5) is 14.8. The van der Waals surface area contributed by atoms with Crippen LogP contribution in [0.2, 0.25) is 0 Å². The number of benzene rings is 1. The molecular weight excluding hydrogens is 344 g/mol. The number of hydrogen-bond acceptors (Lipinski definition) is 3. The highest BCUT2D eigenvalue weighted by molar-refractivity contribution is 7.09. The van der Waals surface area contributed by atoms with E-state index in [0.717, 1.165) is 22.8 Å². The van der Waals surface area contributed by atoms with Crippen LogP contribution < -0.4 is 4.90 Å². The zero-order valence-electron chi connectivity index (χ0n) is 13.4. The van der Waals surface area contributed by atoms with Crippen LogP contribution in [-0.2, 0) is 11.3 Å². The van der Waals surface area contributed by atoms with E-state index >= 15 is 0 Å². The van der Waals surface area contributed by atoms with Crippen molar-refractivity contribution >= 4 is 29.0 Å². The molecule has 128 valence electrons. The fraction of sp³-hybridized carbons (Fsp3) is 0.105. The molecule has 1 amide bonds. The van der Waals surface area contributed by atoms with Crippen molar-refractivity contribution in [3.8, 4) is 0 Å². The van der Waals surface area contributed by atoms with Crippen molar-refractivity contribution in [1.29, 1.82) is 0 Å². The van der Waals surface area contributed by atoms with Crippen LogP contribution in [0.4, 0.5) is 14.5 Å². The molecule has 0 saturated heterocycles. The third-order valence-electron chi connectivity index (χ3n) is 3.51. The normalized spacial score (nSPS) is 11.2. The van der Waals surface area contributed by atoms with E-state index in [9.17, 15) is 13.6 Å². The first-order valence-corrected chi connectivity index (χ1v) is 8.44. The summed E-state index contributed by atoms with van der Waals surface area (Å²) in [5.41, 5.74) is 0.0278. The van der Waals surface area contributed by atoms with Gasteiger partial charge in [0.2, 0.25) is 0 Å². The number of aryl methyl sites for hydroxylation is 1. The van der Waals surface area contributed by atoms with Crippen molar-refractivity contribution in [1.82, 2.24) is 0 Å². The minimum Gasteiger partial charge on any atom is -0.462 e. The largest absolute Gasteiger partial charge is 0.462 e. The summed E-state index contributed by atoms with van der Waals surface area (Å²) in [5.74, 6) is -0.639. The first kappa shape index (κ1) is 17.1. The van der Waals surface area contributed by atoms with Crippen LogP contribution >= 0.6 is 11.3 Å². The van der Waals surface area contributed by atoms with Crippen molar-refractivity contribution in [2.24, 2.45) is 0 Å². The van der Waals surface area contributed by atoms with Crippen molar-refractivity contribution < 1.29 is 18.0 Å². The fourth-order valence-electron chi connectivity index (χ4n) is 2.33. The van der Waals surface area contributed by atoms with Gasteiger partial charge in [0.1, 0.15) is 23.2 Å². The summed E-state index contributed by atoms with van der Waals surface area (Å²) in [6.07, 6.45) is 2.84. The molecule has 0 aliphatic heterocycles. The Hall–Kier alpha value is -2.73. The van der Waals surface area contributed by atoms with Crippen LogP contribution in [0.3, 0.4) is 0 Å². The van der Waals surface area contributed by atoms with Crippen LogP contribution in [-0.4, -0.2) is 5.91 Å². The average molecular weight is 359 g/mol. The maximum Gasteiger partial charge on any atom is 0.251 e. The number of carbonyl (C=O) groups is 1. The predicted octanol–water partition coefficient (Wildman–Crippen LogP) is 5.17. The van der Waals surface area contributed by atoms with Gasteiger partial charge in [0, 0.05) is 17.0 Å². The van der Waals surface area contributed by atoms with Gasteiger partial charge in [-0.1, -0.05) is 6.07 Å². The lowest BCUT2D eigenvalue weighted by Crippen LogP contribution is -2.29. The fourth-order valence-corrected chi connectivity index (χ4v) is 3.02. The Morgan fingerprint density at radius 2 is 2.08 bits per heavy atom. The van der Waals surface area contributed by atoms with E-state index < -0.39 is 17.5 Å². The SMILES string of the molecule is Cc1ccc(/C=C/C(=O)N(Cc2cccs2)c2ccc(F)cc2F)o1. The summed E-state index contributed by atoms with van der Waals surface area (Å²) in [7, 11) is 0. The third kappa shape index (κ3) is 4.22. The number of halogens is 2. The second-order valence-electron chi connectivity index (χ2n) is 5.38. The lowest BCUT2D eigenvalue weighted by molar-refractivity contribution is -0.114. The van der Waals surface area contributed by atoms with Gasteiger partial charge in [-0.15, -0.1) is 11.3 Å². The number of thiophene rings is 1. The first-order valence-electron chi connectivity index (χ1n) is 7.56. The van der Waals surface area contributed by atoms with E-state index in [1.807, 2.05) is 17.5 Å². The van der Waals surface area contributed by atoms with Gasteiger partial charge in [-0.2, -0.15) is 0 Å². The van der Waals surface area contributed by atoms with Crippen LogP contribution in [0.15, 0.2) is 58.3 Å². The molecule has 0 bridgehead atoms. The van der Waals surface area contributed by atoms with Crippen molar-refractivity contribution in [2.75, 3.05) is 4.90 Å². The minimum atomic E-state index is -0.785. The molecule has 2 heterocycles. The second-order valence-corrected chi connectivity index (χ2v) is 6.41. The highest BCUT2D eigenvalue weighted by atomic mass is 32.1. The van der Waals surface area contributed by atoms with Crippen LogP contribution in [0, 0.1) is 18.6 Å². The molecule has 1 aromatic carbocycles. The van der Waals surface area contributed by atoms with Crippen LogP contribution in [0.5, 0.6) is 0 Å². The first-order chi connectivity index (χ1) is 12.0. The predicted molar refractivity (Wildman–Crippen MR) is 94.3 cm³/mol. The molecule has 0 atom stereocenters. The molecule has 3 rings (SSSR count). The Labute approximate surface area is 147 Å². The molecule has 25 heavy (non-hydrogen) atoms. The van der Waals surface area contributed by atoms with E-state index in [2.05, 4.69) is 0 Å². The molecule has 2 aromatic heterocycles. The Morgan fingerprint density at radius 3 is 2.72 bits per heavy atom. The van der Waals surface area contributed by atoms with Crippen molar-refractivity contribution in [2.45, 2.75) is 13.5 Å². The van der Waals surface area contributed by atoms with Crippen molar-refractivity contribution in [3.05, 3.63) is 82.0 Å². The molecule has 6 heteroatoms. The lowest BCUT2D eigenvalue weighted by atomic mass is 10.2. The summed E-state index contributed by atoms with van der Waals surface area (Å²) >= 11 is 1.46. The summed E-state index contributed by atoms with van der Waals surface area (Å²) < 4.78 is 32.8. The van der Waals surface area contributed by atoms with Gasteiger partial charge in [0.05, 0.1) is 12.2 Å². The molecule has 0 N–H and O–H groups in total. The van der Waals surface area contributed by atoms with E-state index in [1.165, 1.54) is 34.5 Å². The average Bonchev–Trinajstić information content (AvgIpc) is 3.22. The van der Waals surface area contributed by atoms with Crippen molar-refractivity contribution in [3.63, 3.8) is 0 Å². The molecule has 0 spiro atoms. The monoisotopic (exact) mass is 359 g/mol. The van der Waals surface area contributed by atoms with Gasteiger partial charge in [0.15, 0.2) is 0 Å². The Balaban J connectivity index is 1.89. The Morgan fingerprint density at radius 1 is 1.24 bits per heavy atom. The summed E-state index contributed by atoms with van der Waals surface area (Å²) in [6.45, 7) is 2.00. The molecule has 3 nitrogen and oxygen atoms in total. The number of nitrogens with zero attached hydrogens (tertiary/aromatic N) is 1. The molecular formula is C19H15F2NO2S. The highest BCUT2D eigenvalue weighted by Gasteiger charge is 2.19. The Kier molecular flexibility index (Phi) is 5.09. The van der Waals surface area contributed by atoms with Gasteiger partial charge in [-0.3, -0.25) is 4.79 Å². The van der Waals surface area contributed by atoms with Gasteiger partial charge in [-0.05, 0) is 48.7 Å². The van der Waals surface area contributed by atoms with Gasteiger partial charge >= 0.3 is 0 Å². The zero-order valence-corrected chi connectivity index (χ0v) is 14.2. The molecule has 0 unspecified atom stereocenters. The molecule has 0 saturated carbocycles. The number of furan rings is 1. The van der Waals surface area contributed by atoms with E-state index in [0.29, 0.717) is 5.76 Å². The number of hydrogen-bond donors (Lipinski definition) is 0. The number of anilines is 1. The van der Waals surface area contributed by atoms with E-state index in [4.69, 9.17) is 4.42 Å². The quantitative estimate of drug-likeness (QED) is 0.589. The summed E-state index contributed by atoms with van der Waals surface area (Å²) in [5, 5.41) is 1.88. The molecule has 0 aliphatic carbocycles. The minimum absolute atomic E-state index is 0.0278. The zero-order chi connectivity index (χ0) is 17.8. The maximum absolute atomic E-state index is 14.2. The van der Waals surface area contributed by atoms with Gasteiger partial charge in [0.25, 0.3) is 5.91 Å².